The largest absolute Gasteiger partial charge is 0.508 e. The summed E-state index contributed by atoms with van der Waals surface area (Å²) in [6, 6.07) is 12.6. The number of piperidine rings is 1. The van der Waals surface area contributed by atoms with Crippen LogP contribution in [-0.2, 0) is 0 Å². The van der Waals surface area contributed by atoms with Crippen molar-refractivity contribution in [3.63, 3.8) is 0 Å². The number of ether oxygens (including phenoxy) is 1. The number of hydrogen-bond donors (Lipinski definition) is 2. The molecule has 7 rings (SSSR count). The normalized spacial score (nSPS) is 24.9. The molecule has 2 bridgehead atoms. The first-order valence-electron chi connectivity index (χ1n) is 14.0. The summed E-state index contributed by atoms with van der Waals surface area (Å²) in [5.74, 6) is 1.30. The lowest BCUT2D eigenvalue weighted by molar-refractivity contribution is 0.182. The molecule has 0 amide bonds. The SMILES string of the molecule is CN1C[C@H](O)C[C@H]1COc1nc(N2CC3CCC(C3)C2)c2cc(Cl)c(-c3cc(O)cc4ccccc34)c(F)c2n1. The summed E-state index contributed by atoms with van der Waals surface area (Å²) in [7, 11) is 1.95. The molecule has 0 spiro atoms. The molecule has 2 unspecified atom stereocenters. The van der Waals surface area contributed by atoms with Crippen molar-refractivity contribution in [2.75, 3.05) is 38.2 Å². The standard InChI is InChI=1S/C31H32ClFN4O3/c1-36-15-22(39)10-20(36)16-40-31-34-29-25(30(35-31)37-13-17-6-7-18(8-17)14-37)12-26(32)27(28(29)33)24-11-21(38)9-19-4-2-3-5-23(19)24/h2-5,9,11-12,17-18,20,22,38-39H,6-8,10,13-16H2,1H3/t17?,18?,20-,22+/m0/s1. The van der Waals surface area contributed by atoms with Crippen molar-refractivity contribution in [2.24, 2.45) is 11.8 Å². The number of likely N-dealkylation sites (tertiary alicyclic amines) is 1. The van der Waals surface area contributed by atoms with Crippen molar-refractivity contribution in [3.05, 3.63) is 53.3 Å². The predicted octanol–water partition coefficient (Wildman–Crippen LogP) is 5.63. The fraction of sp³-hybridized carbons (Fsp3) is 0.419. The third-order valence-corrected chi connectivity index (χ3v) is 9.23. The van der Waals surface area contributed by atoms with Gasteiger partial charge in [-0.1, -0.05) is 35.9 Å². The van der Waals surface area contributed by atoms with E-state index in [0.29, 0.717) is 48.2 Å². The Bertz CT molecular complexity index is 1610. The number of phenolic OH excluding ortho intramolecular Hbond substituents is 1. The third kappa shape index (κ3) is 4.52. The number of nitrogens with zero attached hydrogens (tertiary/aromatic N) is 4. The summed E-state index contributed by atoms with van der Waals surface area (Å²) < 4.78 is 22.7. The summed E-state index contributed by atoms with van der Waals surface area (Å²) in [5, 5.41) is 22.9. The average molecular weight is 563 g/mol. The van der Waals surface area contributed by atoms with Crippen molar-refractivity contribution in [2.45, 2.75) is 37.8 Å². The Morgan fingerprint density at radius 1 is 1.02 bits per heavy atom. The molecule has 4 atom stereocenters. The molecule has 1 aromatic heterocycles. The van der Waals surface area contributed by atoms with Crippen LogP contribution in [0.15, 0.2) is 42.5 Å². The molecule has 3 aromatic carbocycles. The Kier molecular flexibility index (Phi) is 6.45. The van der Waals surface area contributed by atoms with E-state index < -0.39 is 11.9 Å². The van der Waals surface area contributed by atoms with Gasteiger partial charge in [-0.15, -0.1) is 0 Å². The highest BCUT2D eigenvalue weighted by atomic mass is 35.5. The Labute approximate surface area is 237 Å². The van der Waals surface area contributed by atoms with Gasteiger partial charge in [-0.25, -0.2) is 4.39 Å². The number of phenols is 1. The van der Waals surface area contributed by atoms with Gasteiger partial charge in [0.1, 0.15) is 23.7 Å². The first-order chi connectivity index (χ1) is 19.3. The van der Waals surface area contributed by atoms with Crippen LogP contribution in [0.2, 0.25) is 5.02 Å². The van der Waals surface area contributed by atoms with Crippen molar-refractivity contribution < 1.29 is 19.3 Å². The predicted molar refractivity (Wildman–Crippen MR) is 155 cm³/mol. The van der Waals surface area contributed by atoms with Gasteiger partial charge < -0.3 is 19.8 Å². The molecule has 40 heavy (non-hydrogen) atoms. The molecule has 208 valence electrons. The molecule has 3 aliphatic rings. The molecule has 4 aromatic rings. The topological polar surface area (TPSA) is 82.0 Å². The highest BCUT2D eigenvalue weighted by Gasteiger charge is 2.35. The van der Waals surface area contributed by atoms with Gasteiger partial charge in [0.05, 0.1) is 11.1 Å². The Morgan fingerprint density at radius 3 is 2.55 bits per heavy atom. The van der Waals surface area contributed by atoms with Crippen molar-refractivity contribution in [1.82, 2.24) is 14.9 Å². The fourth-order valence-electron chi connectivity index (χ4n) is 7.01. The monoisotopic (exact) mass is 562 g/mol. The van der Waals surface area contributed by atoms with Crippen LogP contribution in [0.25, 0.3) is 32.8 Å². The van der Waals surface area contributed by atoms with E-state index in [1.54, 1.807) is 18.2 Å². The maximum Gasteiger partial charge on any atom is 0.319 e. The minimum absolute atomic E-state index is 0.0212. The Morgan fingerprint density at radius 2 is 1.80 bits per heavy atom. The first-order valence-corrected chi connectivity index (χ1v) is 14.4. The van der Waals surface area contributed by atoms with Crippen LogP contribution in [0.3, 0.4) is 0 Å². The van der Waals surface area contributed by atoms with E-state index in [9.17, 15) is 10.2 Å². The van der Waals surface area contributed by atoms with E-state index in [1.165, 1.54) is 19.3 Å². The van der Waals surface area contributed by atoms with Crippen LogP contribution in [-0.4, -0.2) is 70.5 Å². The molecule has 0 radical (unpaired) electrons. The fourth-order valence-corrected chi connectivity index (χ4v) is 7.30. The second-order valence-electron chi connectivity index (χ2n) is 11.7. The summed E-state index contributed by atoms with van der Waals surface area (Å²) in [6.07, 6.45) is 3.84. The number of β-amino-alcohol motifs (C(OH)–C–C–N with tert-alkyl or cyclic N) is 1. The quantitative estimate of drug-likeness (QED) is 0.326. The number of halogens is 2. The van der Waals surface area contributed by atoms with Gasteiger partial charge in [-0.3, -0.25) is 4.90 Å². The summed E-state index contributed by atoms with van der Waals surface area (Å²) in [4.78, 5) is 13.7. The van der Waals surface area contributed by atoms with E-state index in [2.05, 4.69) is 14.8 Å². The molecule has 3 fully saturated rings. The lowest BCUT2D eigenvalue weighted by atomic mass is 9.95. The van der Waals surface area contributed by atoms with Gasteiger partial charge in [-0.05, 0) is 79.1 Å². The van der Waals surface area contributed by atoms with Gasteiger partial charge in [-0.2, -0.15) is 9.97 Å². The van der Waals surface area contributed by atoms with E-state index in [4.69, 9.17) is 21.3 Å². The number of hydrogen-bond acceptors (Lipinski definition) is 7. The molecular formula is C31H32ClFN4O3. The van der Waals surface area contributed by atoms with Gasteiger partial charge in [0.25, 0.3) is 0 Å². The second kappa shape index (κ2) is 10.0. The molecule has 2 N–H and O–H groups in total. The average Bonchev–Trinajstić information content (AvgIpc) is 3.45. The maximum absolute atomic E-state index is 16.7. The van der Waals surface area contributed by atoms with E-state index >= 15 is 4.39 Å². The first kappa shape index (κ1) is 25.7. The van der Waals surface area contributed by atoms with Crippen LogP contribution < -0.4 is 9.64 Å². The summed E-state index contributed by atoms with van der Waals surface area (Å²) >= 11 is 6.84. The minimum Gasteiger partial charge on any atom is -0.508 e. The summed E-state index contributed by atoms with van der Waals surface area (Å²) in [6.45, 7) is 2.60. The molecular weight excluding hydrogens is 531 g/mol. The zero-order valence-electron chi connectivity index (χ0n) is 22.4. The van der Waals surface area contributed by atoms with Crippen molar-refractivity contribution >= 4 is 39.1 Å². The zero-order valence-corrected chi connectivity index (χ0v) is 23.1. The van der Waals surface area contributed by atoms with Crippen LogP contribution in [0.5, 0.6) is 11.8 Å². The highest BCUT2D eigenvalue weighted by molar-refractivity contribution is 6.35. The van der Waals surface area contributed by atoms with Gasteiger partial charge in [0.2, 0.25) is 0 Å². The van der Waals surface area contributed by atoms with E-state index in [1.807, 2.05) is 31.3 Å². The number of fused-ring (bicyclic) bond motifs is 4. The van der Waals surface area contributed by atoms with Crippen LogP contribution >= 0.6 is 11.6 Å². The lowest BCUT2D eigenvalue weighted by Gasteiger charge is -2.33. The van der Waals surface area contributed by atoms with E-state index in [-0.39, 0.29) is 33.9 Å². The number of aliphatic hydroxyl groups excluding tert-OH is 1. The second-order valence-corrected chi connectivity index (χ2v) is 12.1. The van der Waals surface area contributed by atoms with Crippen molar-refractivity contribution in [3.8, 4) is 22.9 Å². The third-order valence-electron chi connectivity index (χ3n) is 8.94. The molecule has 2 saturated heterocycles. The summed E-state index contributed by atoms with van der Waals surface area (Å²) in [5.41, 5.74) is 0.832. The number of likely N-dealkylation sites (N-methyl/N-ethyl adjacent to an activating group) is 1. The molecule has 9 heteroatoms. The van der Waals surface area contributed by atoms with E-state index in [0.717, 1.165) is 23.9 Å². The number of aromatic hydroxyl groups is 1. The van der Waals surface area contributed by atoms with Crippen molar-refractivity contribution in [1.29, 1.82) is 0 Å². The van der Waals surface area contributed by atoms with Crippen LogP contribution in [0.1, 0.15) is 25.7 Å². The van der Waals surface area contributed by atoms with Crippen LogP contribution in [0.4, 0.5) is 10.2 Å². The molecule has 1 saturated carbocycles. The maximum atomic E-state index is 16.7. The molecule has 2 aliphatic heterocycles. The minimum atomic E-state index is -0.569. The smallest absolute Gasteiger partial charge is 0.319 e. The van der Waals surface area contributed by atoms with Gasteiger partial charge >= 0.3 is 6.01 Å². The molecule has 1 aliphatic carbocycles. The van der Waals surface area contributed by atoms with Crippen LogP contribution in [0, 0.1) is 17.7 Å². The molecule has 3 heterocycles. The Balaban J connectivity index is 1.37. The number of aromatic nitrogens is 2. The van der Waals surface area contributed by atoms with Gasteiger partial charge in [0.15, 0.2) is 5.82 Å². The molecule has 7 nitrogen and oxygen atoms in total. The Hall–Kier alpha value is -3.20. The number of aliphatic hydroxyl groups is 1. The number of benzene rings is 3. The van der Waals surface area contributed by atoms with Gasteiger partial charge in [0, 0.05) is 36.6 Å². The number of rotatable bonds is 5. The zero-order chi connectivity index (χ0) is 27.5. The highest BCUT2D eigenvalue weighted by Crippen LogP contribution is 2.44. The number of anilines is 1. The lowest BCUT2D eigenvalue weighted by Crippen LogP contribution is -2.37.